The minimum absolute atomic E-state index is 0.0823. The largest absolute Gasteiger partial charge is 0.357 e. The summed E-state index contributed by atoms with van der Waals surface area (Å²) in [6.45, 7) is 6.03. The fraction of sp³-hybridized carbons (Fsp3) is 0.438. The third-order valence-corrected chi connectivity index (χ3v) is 8.60. The Balaban J connectivity index is 1.40. The highest BCUT2D eigenvalue weighted by Crippen LogP contribution is 2.46. The lowest BCUT2D eigenvalue weighted by Crippen LogP contribution is -2.51. The monoisotopic (exact) mass is 495 g/mol. The zero-order valence-corrected chi connectivity index (χ0v) is 22.0. The van der Waals surface area contributed by atoms with Crippen molar-refractivity contribution in [2.24, 2.45) is 11.3 Å². The zero-order chi connectivity index (χ0) is 25.6. The van der Waals surface area contributed by atoms with Crippen molar-refractivity contribution in [3.63, 3.8) is 0 Å². The molecule has 2 aromatic rings. The van der Waals surface area contributed by atoms with Crippen molar-refractivity contribution in [1.29, 1.82) is 0 Å². The van der Waals surface area contributed by atoms with Crippen molar-refractivity contribution in [2.75, 3.05) is 23.3 Å². The summed E-state index contributed by atoms with van der Waals surface area (Å²) in [4.78, 5) is 32.0. The number of carbonyl (C=O) groups is 2. The Kier molecular flexibility index (Phi) is 6.18. The first kappa shape index (κ1) is 24.0. The van der Waals surface area contributed by atoms with E-state index in [2.05, 4.69) is 72.6 Å². The molecule has 0 fully saturated rings. The van der Waals surface area contributed by atoms with Gasteiger partial charge >= 0.3 is 0 Å². The van der Waals surface area contributed by atoms with E-state index in [0.29, 0.717) is 18.9 Å². The van der Waals surface area contributed by atoms with Crippen molar-refractivity contribution in [2.45, 2.75) is 65.0 Å². The molecule has 2 aromatic carbocycles. The highest BCUT2D eigenvalue weighted by molar-refractivity contribution is 6.01. The summed E-state index contributed by atoms with van der Waals surface area (Å²) < 4.78 is 0. The number of para-hydroxylation sites is 2. The molecule has 4 aliphatic rings. The summed E-state index contributed by atoms with van der Waals surface area (Å²) in [5.41, 5.74) is 6.47. The first-order chi connectivity index (χ1) is 17.9. The summed E-state index contributed by atoms with van der Waals surface area (Å²) in [6.07, 6.45) is 9.77. The summed E-state index contributed by atoms with van der Waals surface area (Å²) in [5.74, 6) is 0.659. The molecule has 192 valence electrons. The van der Waals surface area contributed by atoms with Gasteiger partial charge in [0.2, 0.25) is 5.91 Å². The maximum absolute atomic E-state index is 13.9. The Hall–Kier alpha value is -3.34. The van der Waals surface area contributed by atoms with E-state index in [0.717, 1.165) is 61.3 Å². The molecule has 1 N–H and O–H groups in total. The number of amides is 1. The minimum atomic E-state index is -0.110. The van der Waals surface area contributed by atoms with E-state index in [4.69, 9.17) is 0 Å². The first-order valence-electron chi connectivity index (χ1n) is 13.8. The van der Waals surface area contributed by atoms with Crippen molar-refractivity contribution >= 4 is 23.1 Å². The Morgan fingerprint density at radius 1 is 1.03 bits per heavy atom. The van der Waals surface area contributed by atoms with E-state index in [9.17, 15) is 9.59 Å². The van der Waals surface area contributed by atoms with Crippen LogP contribution in [0.1, 0.15) is 57.1 Å². The van der Waals surface area contributed by atoms with E-state index < -0.39 is 0 Å². The number of nitrogens with zero attached hydrogens (tertiary/aromatic N) is 2. The standard InChI is InChI=1S/C32H37N3O2/c1-32(2)18-26-30(28(36)19-32)31(23-11-4-3-5-12-23)35(27-15-9-8-14-25(27)33-26)21-29(37)34-17-16-22-10-6-7-13-24(22)20-34/h3-4,6-10,13-15,23,31,33H,5,11-12,16-21H2,1-2H3. The van der Waals surface area contributed by atoms with Crippen LogP contribution in [-0.2, 0) is 22.6 Å². The van der Waals surface area contributed by atoms with Gasteiger partial charge in [-0.25, -0.2) is 0 Å². The van der Waals surface area contributed by atoms with E-state index >= 15 is 0 Å². The number of fused-ring (bicyclic) bond motifs is 2. The highest BCUT2D eigenvalue weighted by atomic mass is 16.2. The van der Waals surface area contributed by atoms with Gasteiger partial charge in [0.05, 0.1) is 24.0 Å². The van der Waals surface area contributed by atoms with Crippen LogP contribution in [0.4, 0.5) is 11.4 Å². The fourth-order valence-electron chi connectivity index (χ4n) is 6.82. The molecular weight excluding hydrogens is 458 g/mol. The lowest BCUT2D eigenvalue weighted by Gasteiger charge is -2.42. The molecule has 5 nitrogen and oxygen atoms in total. The van der Waals surface area contributed by atoms with Crippen molar-refractivity contribution in [3.05, 3.63) is 83.1 Å². The van der Waals surface area contributed by atoms with Gasteiger partial charge in [-0.3, -0.25) is 9.59 Å². The molecule has 2 aliphatic heterocycles. The van der Waals surface area contributed by atoms with Crippen LogP contribution in [0.3, 0.4) is 0 Å². The number of ketones is 1. The summed E-state index contributed by atoms with van der Waals surface area (Å²) in [7, 11) is 0. The molecule has 2 unspecified atom stereocenters. The number of nitrogens with one attached hydrogen (secondary N) is 1. The van der Waals surface area contributed by atoms with Gasteiger partial charge in [0.25, 0.3) is 0 Å². The quantitative estimate of drug-likeness (QED) is 0.541. The third kappa shape index (κ3) is 4.60. The second kappa shape index (κ2) is 9.51. The average Bonchev–Trinajstić information content (AvgIpc) is 3.02. The number of carbonyl (C=O) groups excluding carboxylic acids is 2. The van der Waals surface area contributed by atoms with Crippen LogP contribution >= 0.6 is 0 Å². The van der Waals surface area contributed by atoms with Gasteiger partial charge in [-0.2, -0.15) is 0 Å². The number of rotatable bonds is 3. The van der Waals surface area contributed by atoms with Gasteiger partial charge in [-0.1, -0.05) is 62.4 Å². The predicted molar refractivity (Wildman–Crippen MR) is 148 cm³/mol. The molecule has 2 heterocycles. The third-order valence-electron chi connectivity index (χ3n) is 8.60. The van der Waals surface area contributed by atoms with Crippen molar-refractivity contribution in [1.82, 2.24) is 4.90 Å². The van der Waals surface area contributed by atoms with Gasteiger partial charge in [0.15, 0.2) is 5.78 Å². The van der Waals surface area contributed by atoms with Crippen LogP contribution in [-0.4, -0.2) is 35.7 Å². The van der Waals surface area contributed by atoms with Crippen LogP contribution in [0.15, 0.2) is 72.0 Å². The van der Waals surface area contributed by atoms with Gasteiger partial charge in [-0.05, 0) is 66.7 Å². The number of allylic oxidation sites excluding steroid dienone is 3. The highest BCUT2D eigenvalue weighted by Gasteiger charge is 2.44. The molecule has 0 saturated carbocycles. The van der Waals surface area contributed by atoms with E-state index in [1.54, 1.807) is 0 Å². The van der Waals surface area contributed by atoms with Crippen LogP contribution in [0.25, 0.3) is 0 Å². The summed E-state index contributed by atoms with van der Waals surface area (Å²) in [6, 6.07) is 16.6. The molecule has 1 amide bonds. The molecule has 37 heavy (non-hydrogen) atoms. The van der Waals surface area contributed by atoms with Crippen LogP contribution in [0.5, 0.6) is 0 Å². The maximum Gasteiger partial charge on any atom is 0.242 e. The Labute approximate surface area is 220 Å². The van der Waals surface area contributed by atoms with Crippen molar-refractivity contribution in [3.8, 4) is 0 Å². The predicted octanol–water partition coefficient (Wildman–Crippen LogP) is 5.87. The second-order valence-electron chi connectivity index (χ2n) is 11.9. The van der Waals surface area contributed by atoms with Crippen molar-refractivity contribution < 1.29 is 9.59 Å². The van der Waals surface area contributed by atoms with E-state index in [1.165, 1.54) is 11.1 Å². The first-order valence-corrected chi connectivity index (χ1v) is 13.8. The molecule has 0 spiro atoms. The molecule has 2 aliphatic carbocycles. The van der Waals surface area contributed by atoms with Crippen LogP contribution in [0.2, 0.25) is 0 Å². The Bertz CT molecular complexity index is 1290. The normalized spacial score (nSPS) is 24.5. The Morgan fingerprint density at radius 3 is 2.62 bits per heavy atom. The van der Waals surface area contributed by atoms with Crippen LogP contribution in [0, 0.1) is 11.3 Å². The molecule has 5 heteroatoms. The molecular formula is C32H37N3O2. The van der Waals surface area contributed by atoms with Gasteiger partial charge < -0.3 is 15.1 Å². The molecule has 0 bridgehead atoms. The number of Topliss-reactive ketones (excluding diaryl/α,β-unsaturated/α-hetero) is 1. The number of benzene rings is 2. The second-order valence-corrected chi connectivity index (χ2v) is 11.9. The molecule has 6 rings (SSSR count). The maximum atomic E-state index is 13.9. The number of hydrogen-bond acceptors (Lipinski definition) is 4. The van der Waals surface area contributed by atoms with Crippen LogP contribution < -0.4 is 10.2 Å². The lowest BCUT2D eigenvalue weighted by atomic mass is 9.71. The van der Waals surface area contributed by atoms with E-state index in [1.807, 2.05) is 17.0 Å². The molecule has 0 aromatic heterocycles. The number of hydrogen-bond donors (Lipinski definition) is 1. The van der Waals surface area contributed by atoms with E-state index in [-0.39, 0.29) is 29.7 Å². The SMILES string of the molecule is CC1(C)CC(=O)C2=C(C1)Nc1ccccc1N(CC(=O)N1CCc3ccccc3C1)C2C1CC=CCC1. The average molecular weight is 496 g/mol. The lowest BCUT2D eigenvalue weighted by molar-refractivity contribution is -0.130. The fourth-order valence-corrected chi connectivity index (χ4v) is 6.82. The zero-order valence-electron chi connectivity index (χ0n) is 22.0. The summed E-state index contributed by atoms with van der Waals surface area (Å²) >= 11 is 0. The number of anilines is 2. The Morgan fingerprint density at radius 2 is 1.81 bits per heavy atom. The van der Waals surface area contributed by atoms with Gasteiger partial charge in [0.1, 0.15) is 0 Å². The summed E-state index contributed by atoms with van der Waals surface area (Å²) in [5, 5.41) is 3.69. The smallest absolute Gasteiger partial charge is 0.242 e. The minimum Gasteiger partial charge on any atom is -0.357 e. The van der Waals surface area contributed by atoms with Gasteiger partial charge in [0, 0.05) is 30.8 Å². The molecule has 0 saturated heterocycles. The molecule has 2 atom stereocenters. The topological polar surface area (TPSA) is 52.7 Å². The molecule has 0 radical (unpaired) electrons. The van der Waals surface area contributed by atoms with Gasteiger partial charge in [-0.15, -0.1) is 0 Å².